The lowest BCUT2D eigenvalue weighted by Crippen LogP contribution is -1.96. The highest BCUT2D eigenvalue weighted by atomic mass is 16.3. The Kier molecular flexibility index (Phi) is 2.08. The fourth-order valence-corrected chi connectivity index (χ4v) is 2.13. The van der Waals surface area contributed by atoms with E-state index in [1.54, 1.807) is 0 Å². The molecule has 0 radical (unpaired) electrons. The van der Waals surface area contributed by atoms with E-state index in [0.29, 0.717) is 0 Å². The molecule has 0 saturated carbocycles. The molecule has 0 saturated heterocycles. The number of aliphatic hydroxyl groups excluding tert-OH is 1. The van der Waals surface area contributed by atoms with Crippen molar-refractivity contribution in [2.45, 2.75) is 20.5 Å². The van der Waals surface area contributed by atoms with Crippen LogP contribution >= 0.6 is 0 Å². The largest absolute Gasteiger partial charge is 0.390 e. The molecule has 1 N–H and O–H groups in total. The van der Waals surface area contributed by atoms with Crippen LogP contribution in [0.1, 0.15) is 16.8 Å². The van der Waals surface area contributed by atoms with Crippen molar-refractivity contribution >= 4 is 10.9 Å². The van der Waals surface area contributed by atoms with E-state index in [0.717, 1.165) is 5.69 Å². The van der Waals surface area contributed by atoms with E-state index in [9.17, 15) is 0 Å². The van der Waals surface area contributed by atoms with Crippen molar-refractivity contribution in [3.8, 4) is 0 Å². The molecular weight excluding hydrogens is 174 g/mol. The molecule has 74 valence electrons. The van der Waals surface area contributed by atoms with Gasteiger partial charge in [-0.1, -0.05) is 11.6 Å². The molecule has 0 spiro atoms. The Morgan fingerprint density at radius 3 is 2.57 bits per heavy atom. The van der Waals surface area contributed by atoms with E-state index in [4.69, 9.17) is 5.11 Å². The second-order valence-electron chi connectivity index (χ2n) is 3.87. The van der Waals surface area contributed by atoms with Crippen LogP contribution in [0.15, 0.2) is 18.2 Å². The van der Waals surface area contributed by atoms with Crippen LogP contribution in [0.2, 0.25) is 0 Å². The lowest BCUT2D eigenvalue weighted by Gasteiger charge is -2.04. The molecular formula is C12H15NO. The molecule has 0 aliphatic heterocycles. The number of hydrogen-bond acceptors (Lipinski definition) is 1. The van der Waals surface area contributed by atoms with Crippen LogP contribution in [0.3, 0.4) is 0 Å². The summed E-state index contributed by atoms with van der Waals surface area (Å²) in [6.07, 6.45) is 0. The summed E-state index contributed by atoms with van der Waals surface area (Å²) < 4.78 is 2.06. The molecule has 2 heteroatoms. The summed E-state index contributed by atoms with van der Waals surface area (Å²) in [6, 6.07) is 6.38. The van der Waals surface area contributed by atoms with Crippen LogP contribution in [-0.4, -0.2) is 9.67 Å². The molecule has 1 aromatic heterocycles. The Hall–Kier alpha value is -1.28. The lowest BCUT2D eigenvalue weighted by atomic mass is 10.1. The van der Waals surface area contributed by atoms with E-state index in [1.807, 2.05) is 7.05 Å². The number of benzene rings is 1. The topological polar surface area (TPSA) is 25.2 Å². The first-order valence-electron chi connectivity index (χ1n) is 4.80. The van der Waals surface area contributed by atoms with Gasteiger partial charge in [-0.25, -0.2) is 0 Å². The predicted octanol–water partition coefficient (Wildman–Crippen LogP) is 2.29. The number of nitrogens with zero attached hydrogens (tertiary/aromatic N) is 1. The van der Waals surface area contributed by atoms with Gasteiger partial charge in [0.1, 0.15) is 0 Å². The van der Waals surface area contributed by atoms with Gasteiger partial charge in [-0.3, -0.25) is 0 Å². The minimum atomic E-state index is 0.101. The molecule has 1 heterocycles. The highest BCUT2D eigenvalue weighted by Gasteiger charge is 2.07. The van der Waals surface area contributed by atoms with Gasteiger partial charge in [0.05, 0.1) is 12.1 Å². The average Bonchev–Trinajstić information content (AvgIpc) is 2.42. The number of aromatic nitrogens is 1. The van der Waals surface area contributed by atoms with Crippen molar-refractivity contribution in [2.75, 3.05) is 0 Å². The smallest absolute Gasteiger partial charge is 0.0833 e. The number of rotatable bonds is 1. The summed E-state index contributed by atoms with van der Waals surface area (Å²) in [5.41, 5.74) is 4.72. The molecule has 2 nitrogen and oxygen atoms in total. The SMILES string of the molecule is Cc1cc(C)c2c(c1)cc(CO)n2C. The van der Waals surface area contributed by atoms with Gasteiger partial charge in [-0.05, 0) is 31.5 Å². The van der Waals surface area contributed by atoms with E-state index in [2.05, 4.69) is 36.6 Å². The standard InChI is InChI=1S/C12H15NO/c1-8-4-9(2)12-10(5-8)6-11(7-14)13(12)3/h4-6,14H,7H2,1-3H3. The zero-order valence-electron chi connectivity index (χ0n) is 8.83. The first-order chi connectivity index (χ1) is 6.63. The van der Waals surface area contributed by atoms with Gasteiger partial charge in [0.25, 0.3) is 0 Å². The zero-order valence-corrected chi connectivity index (χ0v) is 8.83. The highest BCUT2D eigenvalue weighted by molar-refractivity contribution is 5.85. The van der Waals surface area contributed by atoms with Crippen molar-refractivity contribution in [2.24, 2.45) is 7.05 Å². The summed E-state index contributed by atoms with van der Waals surface area (Å²) in [5, 5.41) is 10.4. The summed E-state index contributed by atoms with van der Waals surface area (Å²) in [6.45, 7) is 4.30. The monoisotopic (exact) mass is 189 g/mol. The third kappa shape index (κ3) is 1.23. The third-order valence-electron chi connectivity index (χ3n) is 2.72. The Morgan fingerprint density at radius 1 is 1.21 bits per heavy atom. The molecule has 0 bridgehead atoms. The van der Waals surface area contributed by atoms with Gasteiger partial charge >= 0.3 is 0 Å². The Morgan fingerprint density at radius 2 is 1.93 bits per heavy atom. The van der Waals surface area contributed by atoms with Gasteiger partial charge in [0, 0.05) is 18.1 Å². The lowest BCUT2D eigenvalue weighted by molar-refractivity contribution is 0.273. The van der Waals surface area contributed by atoms with Crippen LogP contribution in [-0.2, 0) is 13.7 Å². The van der Waals surface area contributed by atoms with E-state index >= 15 is 0 Å². The van der Waals surface area contributed by atoms with Gasteiger partial charge in [-0.2, -0.15) is 0 Å². The van der Waals surface area contributed by atoms with Crippen LogP contribution < -0.4 is 0 Å². The maximum absolute atomic E-state index is 9.16. The van der Waals surface area contributed by atoms with Gasteiger partial charge in [0.2, 0.25) is 0 Å². The van der Waals surface area contributed by atoms with Crippen molar-refractivity contribution in [3.05, 3.63) is 35.0 Å². The highest BCUT2D eigenvalue weighted by Crippen LogP contribution is 2.23. The quantitative estimate of drug-likeness (QED) is 0.731. The van der Waals surface area contributed by atoms with Gasteiger partial charge < -0.3 is 9.67 Å². The van der Waals surface area contributed by atoms with Gasteiger partial charge in [0.15, 0.2) is 0 Å². The van der Waals surface area contributed by atoms with Crippen molar-refractivity contribution < 1.29 is 5.11 Å². The fraction of sp³-hybridized carbons (Fsp3) is 0.333. The minimum Gasteiger partial charge on any atom is -0.390 e. The molecule has 14 heavy (non-hydrogen) atoms. The molecule has 0 aliphatic carbocycles. The molecule has 0 amide bonds. The molecule has 2 aromatic rings. The van der Waals surface area contributed by atoms with E-state index < -0.39 is 0 Å². The first kappa shape index (κ1) is 9.28. The summed E-state index contributed by atoms with van der Waals surface area (Å²) >= 11 is 0. The van der Waals surface area contributed by atoms with Gasteiger partial charge in [-0.15, -0.1) is 0 Å². The summed E-state index contributed by atoms with van der Waals surface area (Å²) in [7, 11) is 2.00. The van der Waals surface area contributed by atoms with E-state index in [1.165, 1.54) is 22.0 Å². The van der Waals surface area contributed by atoms with Crippen molar-refractivity contribution in [1.29, 1.82) is 0 Å². The maximum Gasteiger partial charge on any atom is 0.0833 e. The summed E-state index contributed by atoms with van der Waals surface area (Å²) in [4.78, 5) is 0. The number of fused-ring (bicyclic) bond motifs is 1. The Bertz CT molecular complexity index is 483. The van der Waals surface area contributed by atoms with Crippen LogP contribution in [0.25, 0.3) is 10.9 Å². The zero-order chi connectivity index (χ0) is 10.3. The van der Waals surface area contributed by atoms with Crippen LogP contribution in [0, 0.1) is 13.8 Å². The molecule has 1 aromatic carbocycles. The molecule has 0 unspecified atom stereocenters. The second-order valence-corrected chi connectivity index (χ2v) is 3.87. The first-order valence-corrected chi connectivity index (χ1v) is 4.80. The molecule has 0 aliphatic rings. The Labute approximate surface area is 83.8 Å². The van der Waals surface area contributed by atoms with Crippen molar-refractivity contribution in [3.63, 3.8) is 0 Å². The average molecular weight is 189 g/mol. The fourth-order valence-electron chi connectivity index (χ4n) is 2.13. The molecule has 0 fully saturated rings. The van der Waals surface area contributed by atoms with Crippen molar-refractivity contribution in [1.82, 2.24) is 4.57 Å². The van der Waals surface area contributed by atoms with E-state index in [-0.39, 0.29) is 6.61 Å². The molecule has 0 atom stereocenters. The number of aliphatic hydroxyl groups is 1. The Balaban J connectivity index is 2.85. The normalized spacial score (nSPS) is 11.1. The maximum atomic E-state index is 9.16. The number of aryl methyl sites for hydroxylation is 3. The summed E-state index contributed by atoms with van der Waals surface area (Å²) in [5.74, 6) is 0. The predicted molar refractivity (Wildman–Crippen MR) is 58.3 cm³/mol. The second kappa shape index (κ2) is 3.14. The molecule has 2 rings (SSSR count). The number of hydrogen-bond donors (Lipinski definition) is 1. The van der Waals surface area contributed by atoms with Crippen LogP contribution in [0.4, 0.5) is 0 Å². The minimum absolute atomic E-state index is 0.101. The van der Waals surface area contributed by atoms with Crippen LogP contribution in [0.5, 0.6) is 0 Å². The third-order valence-corrected chi connectivity index (χ3v) is 2.72.